The van der Waals surface area contributed by atoms with Crippen molar-refractivity contribution in [2.45, 2.75) is 19.3 Å². The van der Waals surface area contributed by atoms with Gasteiger partial charge in [0.25, 0.3) is 0 Å². The van der Waals surface area contributed by atoms with Gasteiger partial charge in [0.1, 0.15) is 0 Å². The van der Waals surface area contributed by atoms with Crippen molar-refractivity contribution in [2.75, 3.05) is 0 Å². The number of hydrogen-bond donors (Lipinski definition) is 0. The molecular weight excluding hydrogens is 637 g/mol. The fourth-order valence-corrected chi connectivity index (χ4v) is 9.36. The van der Waals surface area contributed by atoms with Crippen LogP contribution in [0, 0.1) is 0 Å². The van der Waals surface area contributed by atoms with E-state index in [0.717, 1.165) is 0 Å². The summed E-state index contributed by atoms with van der Waals surface area (Å²) in [7, 11) is 0. The lowest BCUT2D eigenvalue weighted by molar-refractivity contribution is 0.660. The zero-order chi connectivity index (χ0) is 35.3. The molecule has 53 heavy (non-hydrogen) atoms. The van der Waals surface area contributed by atoms with Gasteiger partial charge < -0.3 is 0 Å². The Balaban J connectivity index is 1.01. The van der Waals surface area contributed by atoms with Gasteiger partial charge in [0, 0.05) is 5.41 Å². The number of hydrogen-bond acceptors (Lipinski definition) is 0. The standard InChI is InChI=1S/C53H36/c1-53(2)50-21-10-9-18-44(50)45-27-26-38(31-51(45)53)37-25-24-35-28-34(22-23-36(35)29-37)33-12-11-13-39(30-33)48-32-49-42-16-4-3-14-40(42)41-15-5-7-19-46(41)52(49)47-20-8-6-17-43(47)48/h3-32H,1-2H3. The van der Waals surface area contributed by atoms with E-state index >= 15 is 0 Å². The molecule has 0 saturated heterocycles. The maximum absolute atomic E-state index is 2.44. The van der Waals surface area contributed by atoms with Crippen LogP contribution < -0.4 is 0 Å². The first-order valence-electron chi connectivity index (χ1n) is 18.7. The quantitative estimate of drug-likeness (QED) is 0.164. The third kappa shape index (κ3) is 4.49. The molecule has 248 valence electrons. The fourth-order valence-electron chi connectivity index (χ4n) is 9.36. The molecule has 0 aliphatic heterocycles. The maximum atomic E-state index is 2.44. The lowest BCUT2D eigenvalue weighted by Gasteiger charge is -2.22. The van der Waals surface area contributed by atoms with E-state index in [-0.39, 0.29) is 5.41 Å². The summed E-state index contributed by atoms with van der Waals surface area (Å²) in [5, 5.41) is 12.9. The highest BCUT2D eigenvalue weighted by Crippen LogP contribution is 2.50. The highest BCUT2D eigenvalue weighted by molar-refractivity contribution is 6.33. The summed E-state index contributed by atoms with van der Waals surface area (Å²) in [6, 6.07) is 67.9. The lowest BCUT2D eigenvalue weighted by atomic mass is 9.81. The smallest absolute Gasteiger partial charge is 0.0159 e. The Labute approximate surface area is 309 Å². The number of rotatable bonds is 3. The Kier molecular flexibility index (Phi) is 6.40. The van der Waals surface area contributed by atoms with Gasteiger partial charge in [0.2, 0.25) is 0 Å². The van der Waals surface area contributed by atoms with Crippen molar-refractivity contribution in [3.63, 3.8) is 0 Å². The minimum absolute atomic E-state index is 0.0104. The molecule has 0 spiro atoms. The second-order valence-corrected chi connectivity index (χ2v) is 15.3. The molecule has 0 N–H and O–H groups in total. The van der Waals surface area contributed by atoms with E-state index in [1.54, 1.807) is 0 Å². The van der Waals surface area contributed by atoms with E-state index < -0.39 is 0 Å². The van der Waals surface area contributed by atoms with E-state index in [2.05, 4.69) is 196 Å². The molecule has 0 unspecified atom stereocenters. The van der Waals surface area contributed by atoms with Crippen molar-refractivity contribution in [1.82, 2.24) is 0 Å². The summed E-state index contributed by atoms with van der Waals surface area (Å²) < 4.78 is 0. The highest BCUT2D eigenvalue weighted by Gasteiger charge is 2.35. The van der Waals surface area contributed by atoms with Crippen molar-refractivity contribution in [3.05, 3.63) is 193 Å². The summed E-state index contributed by atoms with van der Waals surface area (Å²) in [4.78, 5) is 0. The van der Waals surface area contributed by atoms with Gasteiger partial charge in [-0.25, -0.2) is 0 Å². The Morgan fingerprint density at radius 2 is 0.774 bits per heavy atom. The zero-order valence-corrected chi connectivity index (χ0v) is 29.8. The van der Waals surface area contributed by atoms with Crippen LogP contribution in [0.15, 0.2) is 182 Å². The average molecular weight is 673 g/mol. The maximum Gasteiger partial charge on any atom is 0.0159 e. The predicted octanol–water partition coefficient (Wildman–Crippen LogP) is 14.8. The molecule has 10 aromatic carbocycles. The van der Waals surface area contributed by atoms with Crippen LogP contribution in [-0.2, 0) is 5.41 Å². The molecule has 1 aliphatic carbocycles. The molecule has 0 nitrogen and oxygen atoms in total. The molecule has 11 rings (SSSR count). The average Bonchev–Trinajstić information content (AvgIpc) is 3.45. The van der Waals surface area contributed by atoms with Gasteiger partial charge >= 0.3 is 0 Å². The fraction of sp³-hybridized carbons (Fsp3) is 0.0566. The van der Waals surface area contributed by atoms with Gasteiger partial charge in [-0.3, -0.25) is 0 Å². The monoisotopic (exact) mass is 672 g/mol. The topological polar surface area (TPSA) is 0 Å². The van der Waals surface area contributed by atoms with E-state index in [1.165, 1.54) is 109 Å². The molecule has 0 heterocycles. The first-order chi connectivity index (χ1) is 26.0. The number of benzene rings is 10. The van der Waals surface area contributed by atoms with Gasteiger partial charge in [-0.15, -0.1) is 0 Å². The van der Waals surface area contributed by atoms with Crippen LogP contribution in [0.1, 0.15) is 25.0 Å². The van der Waals surface area contributed by atoms with Gasteiger partial charge in [-0.1, -0.05) is 166 Å². The van der Waals surface area contributed by atoms with Crippen molar-refractivity contribution >= 4 is 53.9 Å². The third-order valence-corrected chi connectivity index (χ3v) is 12.0. The minimum Gasteiger partial charge on any atom is -0.0619 e. The Morgan fingerprint density at radius 3 is 1.49 bits per heavy atom. The molecule has 0 heteroatoms. The zero-order valence-electron chi connectivity index (χ0n) is 29.8. The van der Waals surface area contributed by atoms with Crippen LogP contribution in [-0.4, -0.2) is 0 Å². The van der Waals surface area contributed by atoms with Crippen molar-refractivity contribution in [3.8, 4) is 44.5 Å². The summed E-state index contributed by atoms with van der Waals surface area (Å²) in [5.41, 5.74) is 13.0. The van der Waals surface area contributed by atoms with Crippen LogP contribution in [0.25, 0.3) is 98.4 Å². The number of fused-ring (bicyclic) bond motifs is 12. The van der Waals surface area contributed by atoms with Crippen molar-refractivity contribution in [2.24, 2.45) is 0 Å². The normalized spacial score (nSPS) is 13.2. The minimum atomic E-state index is -0.0104. The third-order valence-electron chi connectivity index (χ3n) is 12.0. The predicted molar refractivity (Wildman–Crippen MR) is 228 cm³/mol. The molecule has 10 aromatic rings. The highest BCUT2D eigenvalue weighted by atomic mass is 14.4. The second-order valence-electron chi connectivity index (χ2n) is 15.3. The molecular formula is C53H36. The molecule has 0 aromatic heterocycles. The molecule has 0 saturated carbocycles. The summed E-state index contributed by atoms with van der Waals surface area (Å²) in [6.45, 7) is 4.70. The first kappa shape index (κ1) is 30.2. The Morgan fingerprint density at radius 1 is 0.283 bits per heavy atom. The molecule has 0 fully saturated rings. The van der Waals surface area contributed by atoms with Gasteiger partial charge in [-0.05, 0) is 140 Å². The molecule has 0 radical (unpaired) electrons. The van der Waals surface area contributed by atoms with Crippen LogP contribution in [0.2, 0.25) is 0 Å². The molecule has 1 aliphatic rings. The molecule has 0 amide bonds. The lowest BCUT2D eigenvalue weighted by Crippen LogP contribution is -2.14. The van der Waals surface area contributed by atoms with Crippen molar-refractivity contribution < 1.29 is 0 Å². The van der Waals surface area contributed by atoms with Gasteiger partial charge in [-0.2, -0.15) is 0 Å². The van der Waals surface area contributed by atoms with Crippen LogP contribution >= 0.6 is 0 Å². The first-order valence-corrected chi connectivity index (χ1v) is 18.7. The second kappa shape index (κ2) is 11.2. The SMILES string of the molecule is CC1(C)c2ccccc2-c2ccc(-c3ccc4cc(-c5cccc(-c6cc7c8ccccc8c8ccccc8c7c7ccccc67)c5)ccc4c3)cc21. The van der Waals surface area contributed by atoms with Crippen molar-refractivity contribution in [1.29, 1.82) is 0 Å². The van der Waals surface area contributed by atoms with E-state index in [1.807, 2.05) is 0 Å². The van der Waals surface area contributed by atoms with Gasteiger partial charge in [0.15, 0.2) is 0 Å². The molecule has 0 atom stereocenters. The Hall–Kier alpha value is -6.50. The Bertz CT molecular complexity index is 3140. The summed E-state index contributed by atoms with van der Waals surface area (Å²) in [6.07, 6.45) is 0. The van der Waals surface area contributed by atoms with E-state index in [4.69, 9.17) is 0 Å². The van der Waals surface area contributed by atoms with Crippen LogP contribution in [0.3, 0.4) is 0 Å². The largest absolute Gasteiger partial charge is 0.0619 e. The van der Waals surface area contributed by atoms with E-state index in [9.17, 15) is 0 Å². The van der Waals surface area contributed by atoms with Crippen LogP contribution in [0.4, 0.5) is 0 Å². The van der Waals surface area contributed by atoms with Crippen LogP contribution in [0.5, 0.6) is 0 Å². The van der Waals surface area contributed by atoms with E-state index in [0.29, 0.717) is 0 Å². The van der Waals surface area contributed by atoms with Gasteiger partial charge in [0.05, 0.1) is 0 Å². The summed E-state index contributed by atoms with van der Waals surface area (Å²) in [5.74, 6) is 0. The molecule has 0 bridgehead atoms. The summed E-state index contributed by atoms with van der Waals surface area (Å²) >= 11 is 0.